The quantitative estimate of drug-likeness (QED) is 0.265. The summed E-state index contributed by atoms with van der Waals surface area (Å²) in [6, 6.07) is 0. The highest BCUT2D eigenvalue weighted by molar-refractivity contribution is 5.69. The van der Waals surface area contributed by atoms with E-state index in [1.54, 1.807) is 24.3 Å². The lowest BCUT2D eigenvalue weighted by atomic mass is 10.2. The van der Waals surface area contributed by atoms with Crippen molar-refractivity contribution >= 4 is 5.97 Å². The third-order valence-electron chi connectivity index (χ3n) is 3.51. The van der Waals surface area contributed by atoms with Crippen LogP contribution in [0, 0.1) is 0 Å². The maximum absolute atomic E-state index is 10.9. The van der Waals surface area contributed by atoms with E-state index in [0.717, 1.165) is 12.8 Å². The van der Waals surface area contributed by atoms with E-state index in [1.165, 1.54) is 7.11 Å². The molecule has 0 aromatic heterocycles. The van der Waals surface area contributed by atoms with E-state index in [2.05, 4.69) is 11.7 Å². The predicted molar refractivity (Wildman–Crippen MR) is 112 cm³/mol. The Morgan fingerprint density at radius 1 is 0.852 bits per heavy atom. The van der Waals surface area contributed by atoms with E-state index in [1.807, 2.05) is 48.6 Å². The summed E-state index contributed by atoms with van der Waals surface area (Å²) >= 11 is 0. The second-order valence-corrected chi connectivity index (χ2v) is 5.93. The van der Waals surface area contributed by atoms with Crippen LogP contribution in [0.4, 0.5) is 0 Å². The van der Waals surface area contributed by atoms with Gasteiger partial charge in [-0.1, -0.05) is 79.8 Å². The molecule has 2 atom stereocenters. The van der Waals surface area contributed by atoms with Crippen molar-refractivity contribution in [3.05, 3.63) is 72.9 Å². The van der Waals surface area contributed by atoms with Crippen LogP contribution in [0.1, 0.15) is 45.4 Å². The van der Waals surface area contributed by atoms with Crippen molar-refractivity contribution in [1.82, 2.24) is 0 Å². The van der Waals surface area contributed by atoms with Gasteiger partial charge in [-0.25, -0.2) is 0 Å². The second-order valence-electron chi connectivity index (χ2n) is 5.93. The van der Waals surface area contributed by atoms with E-state index < -0.39 is 12.2 Å². The van der Waals surface area contributed by atoms with Crippen molar-refractivity contribution in [2.45, 2.75) is 57.7 Å². The SMILES string of the molecule is CCC=CCC(O)C=CC=CC=CC(O)CC=CCC=CCCC(=O)OC. The third kappa shape index (κ3) is 18.4. The molecule has 0 bridgehead atoms. The van der Waals surface area contributed by atoms with Gasteiger partial charge in [0.05, 0.1) is 19.3 Å². The van der Waals surface area contributed by atoms with Gasteiger partial charge in [-0.3, -0.25) is 4.79 Å². The number of hydrogen-bond donors (Lipinski definition) is 2. The van der Waals surface area contributed by atoms with Crippen LogP contribution in [0.3, 0.4) is 0 Å². The fourth-order valence-electron chi connectivity index (χ4n) is 2.00. The molecule has 0 rings (SSSR count). The van der Waals surface area contributed by atoms with Gasteiger partial charge in [0, 0.05) is 6.42 Å². The number of carbonyl (C=O) groups excluding carboxylic acids is 1. The summed E-state index contributed by atoms with van der Waals surface area (Å²) in [5.74, 6) is -0.199. The summed E-state index contributed by atoms with van der Waals surface area (Å²) in [5, 5.41) is 19.5. The van der Waals surface area contributed by atoms with Gasteiger partial charge in [0.2, 0.25) is 0 Å². The first-order valence-electron chi connectivity index (χ1n) is 9.49. The molecule has 0 saturated carbocycles. The molecule has 150 valence electrons. The Balaban J connectivity index is 3.87. The minimum Gasteiger partial charge on any atom is -0.469 e. The van der Waals surface area contributed by atoms with Crippen LogP contribution in [0.15, 0.2) is 72.9 Å². The Morgan fingerprint density at radius 2 is 1.41 bits per heavy atom. The molecule has 0 aliphatic rings. The first-order chi connectivity index (χ1) is 13.1. The largest absolute Gasteiger partial charge is 0.469 e. The lowest BCUT2D eigenvalue weighted by molar-refractivity contribution is -0.140. The van der Waals surface area contributed by atoms with E-state index in [0.29, 0.717) is 25.7 Å². The molecule has 4 nitrogen and oxygen atoms in total. The highest BCUT2D eigenvalue weighted by Crippen LogP contribution is 2.00. The van der Waals surface area contributed by atoms with Gasteiger partial charge in [-0.2, -0.15) is 0 Å². The number of carbonyl (C=O) groups is 1. The zero-order valence-electron chi connectivity index (χ0n) is 16.5. The molecular formula is C23H34O4. The van der Waals surface area contributed by atoms with Gasteiger partial charge in [0.1, 0.15) is 0 Å². The highest BCUT2D eigenvalue weighted by atomic mass is 16.5. The van der Waals surface area contributed by atoms with Gasteiger partial charge < -0.3 is 14.9 Å². The molecule has 2 unspecified atom stereocenters. The smallest absolute Gasteiger partial charge is 0.305 e. The van der Waals surface area contributed by atoms with Gasteiger partial charge in [0.25, 0.3) is 0 Å². The summed E-state index contributed by atoms with van der Waals surface area (Å²) in [6.45, 7) is 2.06. The Kier molecular flexibility index (Phi) is 17.1. The average molecular weight is 375 g/mol. The van der Waals surface area contributed by atoms with E-state index in [9.17, 15) is 15.0 Å². The minimum atomic E-state index is -0.525. The van der Waals surface area contributed by atoms with Crippen molar-refractivity contribution in [1.29, 1.82) is 0 Å². The van der Waals surface area contributed by atoms with E-state index in [-0.39, 0.29) is 5.97 Å². The van der Waals surface area contributed by atoms with Crippen LogP contribution >= 0.6 is 0 Å². The molecule has 2 N–H and O–H groups in total. The standard InChI is InChI=1S/C23H34O4/c1-3-4-11-16-21(24)18-13-9-10-14-19-22(25)17-12-7-5-6-8-15-20-23(26)27-2/h4,6-14,18-19,21-22,24-25H,3,5,15-17,20H2,1-2H3. The van der Waals surface area contributed by atoms with Gasteiger partial charge in [-0.15, -0.1) is 0 Å². The Morgan fingerprint density at radius 3 is 1.96 bits per heavy atom. The monoisotopic (exact) mass is 374 g/mol. The average Bonchev–Trinajstić information content (AvgIpc) is 2.66. The summed E-state index contributed by atoms with van der Waals surface area (Å²) in [6.07, 6.45) is 25.6. The summed E-state index contributed by atoms with van der Waals surface area (Å²) in [5.41, 5.74) is 0. The molecule has 27 heavy (non-hydrogen) atoms. The molecule has 0 saturated heterocycles. The molecule has 0 aromatic carbocycles. The van der Waals surface area contributed by atoms with Gasteiger partial charge >= 0.3 is 5.97 Å². The van der Waals surface area contributed by atoms with Crippen LogP contribution in [-0.4, -0.2) is 35.5 Å². The van der Waals surface area contributed by atoms with Crippen molar-refractivity contribution in [3.63, 3.8) is 0 Å². The molecule has 0 heterocycles. The first-order valence-corrected chi connectivity index (χ1v) is 9.49. The summed E-state index contributed by atoms with van der Waals surface area (Å²) in [4.78, 5) is 10.9. The number of aliphatic hydroxyl groups excluding tert-OH is 2. The van der Waals surface area contributed by atoms with Crippen LogP contribution in [0.5, 0.6) is 0 Å². The zero-order chi connectivity index (χ0) is 20.2. The molecule has 0 fully saturated rings. The maximum Gasteiger partial charge on any atom is 0.305 e. The third-order valence-corrected chi connectivity index (χ3v) is 3.51. The van der Waals surface area contributed by atoms with Crippen LogP contribution in [0.25, 0.3) is 0 Å². The predicted octanol–water partition coefficient (Wildman–Crippen LogP) is 4.58. The molecule has 0 radical (unpaired) electrons. The van der Waals surface area contributed by atoms with Crippen molar-refractivity contribution in [2.75, 3.05) is 7.11 Å². The summed E-state index contributed by atoms with van der Waals surface area (Å²) < 4.78 is 4.56. The van der Waals surface area contributed by atoms with E-state index >= 15 is 0 Å². The second kappa shape index (κ2) is 18.6. The lowest BCUT2D eigenvalue weighted by Crippen LogP contribution is -1.99. The molecule has 0 amide bonds. The molecular weight excluding hydrogens is 340 g/mol. The van der Waals surface area contributed by atoms with Crippen molar-refractivity contribution < 1.29 is 19.7 Å². The number of aliphatic hydroxyl groups is 2. The Bertz CT molecular complexity index is 539. The first kappa shape index (κ1) is 24.8. The molecule has 0 aliphatic carbocycles. The molecule has 0 aromatic rings. The number of esters is 1. The zero-order valence-corrected chi connectivity index (χ0v) is 16.5. The molecule has 0 aliphatic heterocycles. The van der Waals surface area contributed by atoms with Crippen LogP contribution < -0.4 is 0 Å². The molecule has 0 spiro atoms. The number of hydrogen-bond acceptors (Lipinski definition) is 4. The van der Waals surface area contributed by atoms with Crippen LogP contribution in [0.2, 0.25) is 0 Å². The highest BCUT2D eigenvalue weighted by Gasteiger charge is 1.95. The number of ether oxygens (including phenoxy) is 1. The van der Waals surface area contributed by atoms with Gasteiger partial charge in [-0.05, 0) is 32.1 Å². The fourth-order valence-corrected chi connectivity index (χ4v) is 2.00. The topological polar surface area (TPSA) is 66.8 Å². The number of rotatable bonds is 14. The summed E-state index contributed by atoms with van der Waals surface area (Å²) in [7, 11) is 1.39. The fraction of sp³-hybridized carbons (Fsp3) is 0.435. The Hall–Kier alpha value is -2.17. The number of allylic oxidation sites excluding steroid dienone is 8. The number of methoxy groups -OCH3 is 1. The van der Waals surface area contributed by atoms with Crippen molar-refractivity contribution in [3.8, 4) is 0 Å². The lowest BCUT2D eigenvalue weighted by Gasteiger charge is -1.99. The van der Waals surface area contributed by atoms with Crippen molar-refractivity contribution in [2.24, 2.45) is 0 Å². The van der Waals surface area contributed by atoms with Crippen LogP contribution in [-0.2, 0) is 9.53 Å². The normalized spacial score (nSPS) is 15.3. The molecule has 4 heteroatoms. The minimum absolute atomic E-state index is 0.199. The van der Waals surface area contributed by atoms with E-state index in [4.69, 9.17) is 0 Å². The Labute approximate surface area is 163 Å². The van der Waals surface area contributed by atoms with Gasteiger partial charge in [0.15, 0.2) is 0 Å². The maximum atomic E-state index is 10.9.